The Morgan fingerprint density at radius 1 is 0.923 bits per heavy atom. The fourth-order valence-electron chi connectivity index (χ4n) is 2.29. The zero-order valence-electron chi connectivity index (χ0n) is 13.6. The van der Waals surface area contributed by atoms with E-state index in [0.29, 0.717) is 11.3 Å². The van der Waals surface area contributed by atoms with Gasteiger partial charge in [-0.3, -0.25) is 4.79 Å². The molecule has 0 aliphatic heterocycles. The number of anilines is 1. The minimum Gasteiger partial charge on any atom is -0.443 e. The molecule has 1 heterocycles. The number of nitrogens with zero attached hydrogens (tertiary/aromatic N) is 1. The number of hydrogen-bond acceptors (Lipinski definition) is 4. The molecule has 1 atom stereocenters. The van der Waals surface area contributed by atoms with Crippen LogP contribution in [0.15, 0.2) is 79.0 Å². The summed E-state index contributed by atoms with van der Waals surface area (Å²) in [6.45, 7) is 0. The molecule has 26 heavy (non-hydrogen) atoms. The summed E-state index contributed by atoms with van der Waals surface area (Å²) in [5.74, 6) is -1.68. The number of aromatic nitrogens is 1. The number of amides is 1. The highest BCUT2D eigenvalue weighted by Gasteiger charge is 2.26. The SMILES string of the molecule is O=C(O[C@H](C(=O)Nc1ccc(F)cc1)c1ccccc1)c1ccccn1. The number of nitrogens with one attached hydrogen (secondary N) is 1. The molecule has 0 bridgehead atoms. The Labute approximate surface area is 149 Å². The molecule has 130 valence electrons. The Morgan fingerprint density at radius 2 is 1.62 bits per heavy atom. The second kappa shape index (κ2) is 8.02. The van der Waals surface area contributed by atoms with Crippen LogP contribution in [-0.2, 0) is 9.53 Å². The lowest BCUT2D eigenvalue weighted by Crippen LogP contribution is -2.26. The van der Waals surface area contributed by atoms with E-state index >= 15 is 0 Å². The van der Waals surface area contributed by atoms with Gasteiger partial charge in [0.1, 0.15) is 11.5 Å². The number of esters is 1. The average molecular weight is 350 g/mol. The van der Waals surface area contributed by atoms with Crippen LogP contribution in [0.5, 0.6) is 0 Å². The van der Waals surface area contributed by atoms with Crippen molar-refractivity contribution in [1.82, 2.24) is 4.98 Å². The molecule has 6 heteroatoms. The van der Waals surface area contributed by atoms with Crippen LogP contribution in [0.3, 0.4) is 0 Å². The van der Waals surface area contributed by atoms with Gasteiger partial charge in [0.2, 0.25) is 6.10 Å². The van der Waals surface area contributed by atoms with Gasteiger partial charge in [-0.25, -0.2) is 14.2 Å². The lowest BCUT2D eigenvalue weighted by Gasteiger charge is -2.18. The van der Waals surface area contributed by atoms with Crippen LogP contribution in [0.4, 0.5) is 10.1 Å². The van der Waals surface area contributed by atoms with Crippen molar-refractivity contribution in [1.29, 1.82) is 0 Å². The number of pyridine rings is 1. The highest BCUT2D eigenvalue weighted by molar-refractivity contribution is 5.97. The van der Waals surface area contributed by atoms with E-state index in [0.717, 1.165) is 0 Å². The Kier molecular flexibility index (Phi) is 5.34. The summed E-state index contributed by atoms with van der Waals surface area (Å²) < 4.78 is 18.4. The quantitative estimate of drug-likeness (QED) is 0.712. The highest BCUT2D eigenvalue weighted by atomic mass is 19.1. The lowest BCUT2D eigenvalue weighted by molar-refractivity contribution is -0.125. The summed E-state index contributed by atoms with van der Waals surface area (Å²) in [5.41, 5.74) is 1.01. The van der Waals surface area contributed by atoms with Crippen molar-refractivity contribution in [3.05, 3.63) is 96.1 Å². The highest BCUT2D eigenvalue weighted by Crippen LogP contribution is 2.21. The van der Waals surface area contributed by atoms with Crippen molar-refractivity contribution in [3.63, 3.8) is 0 Å². The van der Waals surface area contributed by atoms with Crippen LogP contribution in [-0.4, -0.2) is 16.9 Å². The van der Waals surface area contributed by atoms with Crippen LogP contribution in [0, 0.1) is 5.82 Å². The van der Waals surface area contributed by atoms with Crippen molar-refractivity contribution in [3.8, 4) is 0 Å². The van der Waals surface area contributed by atoms with Crippen molar-refractivity contribution < 1.29 is 18.7 Å². The third-order valence-electron chi connectivity index (χ3n) is 3.55. The van der Waals surface area contributed by atoms with E-state index in [1.807, 2.05) is 0 Å². The first-order valence-electron chi connectivity index (χ1n) is 7.87. The molecule has 1 N–H and O–H groups in total. The van der Waals surface area contributed by atoms with E-state index in [1.54, 1.807) is 42.5 Å². The van der Waals surface area contributed by atoms with Crippen LogP contribution in [0.2, 0.25) is 0 Å². The van der Waals surface area contributed by atoms with Gasteiger partial charge in [0.25, 0.3) is 5.91 Å². The topological polar surface area (TPSA) is 68.3 Å². The molecule has 0 unspecified atom stereocenters. The first-order chi connectivity index (χ1) is 12.6. The number of benzene rings is 2. The summed E-state index contributed by atoms with van der Waals surface area (Å²) >= 11 is 0. The van der Waals surface area contributed by atoms with Crippen LogP contribution < -0.4 is 5.32 Å². The van der Waals surface area contributed by atoms with Gasteiger partial charge in [-0.05, 0) is 36.4 Å². The first kappa shape index (κ1) is 17.3. The van der Waals surface area contributed by atoms with Gasteiger partial charge >= 0.3 is 5.97 Å². The molecule has 1 amide bonds. The van der Waals surface area contributed by atoms with Gasteiger partial charge in [-0.1, -0.05) is 36.4 Å². The Hall–Kier alpha value is -3.54. The molecule has 3 rings (SSSR count). The zero-order chi connectivity index (χ0) is 18.4. The third-order valence-corrected chi connectivity index (χ3v) is 3.55. The van der Waals surface area contributed by atoms with E-state index in [9.17, 15) is 14.0 Å². The van der Waals surface area contributed by atoms with Crippen LogP contribution in [0.1, 0.15) is 22.2 Å². The van der Waals surface area contributed by atoms with Gasteiger partial charge < -0.3 is 10.1 Å². The number of carbonyl (C=O) groups excluding carboxylic acids is 2. The maximum Gasteiger partial charge on any atom is 0.358 e. The molecule has 1 aromatic heterocycles. The minimum absolute atomic E-state index is 0.100. The van der Waals surface area contributed by atoms with Gasteiger partial charge in [-0.15, -0.1) is 0 Å². The summed E-state index contributed by atoms with van der Waals surface area (Å²) in [6.07, 6.45) is 0.294. The molecule has 2 aromatic carbocycles. The fraction of sp³-hybridized carbons (Fsp3) is 0.0500. The summed E-state index contributed by atoms with van der Waals surface area (Å²) in [7, 11) is 0. The van der Waals surface area contributed by atoms with E-state index in [4.69, 9.17) is 4.74 Å². The lowest BCUT2D eigenvalue weighted by atomic mass is 10.1. The van der Waals surface area contributed by atoms with Crippen molar-refractivity contribution in [2.75, 3.05) is 5.32 Å². The Balaban J connectivity index is 1.82. The molecule has 0 spiro atoms. The smallest absolute Gasteiger partial charge is 0.358 e. The molecule has 0 fully saturated rings. The molecule has 0 aliphatic rings. The molecular weight excluding hydrogens is 335 g/mol. The van der Waals surface area contributed by atoms with Crippen LogP contribution in [0.25, 0.3) is 0 Å². The fourth-order valence-corrected chi connectivity index (χ4v) is 2.29. The number of ether oxygens (including phenoxy) is 1. The molecule has 5 nitrogen and oxygen atoms in total. The second-order valence-corrected chi connectivity index (χ2v) is 5.41. The standard InChI is InChI=1S/C20H15FN2O3/c21-15-9-11-16(12-10-15)23-19(24)18(14-6-2-1-3-7-14)26-20(25)17-8-4-5-13-22-17/h1-13,18H,(H,23,24)/t18-/m0/s1. The molecule has 3 aromatic rings. The molecular formula is C20H15FN2O3. The average Bonchev–Trinajstić information content (AvgIpc) is 2.69. The second-order valence-electron chi connectivity index (χ2n) is 5.41. The summed E-state index contributed by atoms with van der Waals surface area (Å²) in [4.78, 5) is 28.9. The summed E-state index contributed by atoms with van der Waals surface area (Å²) in [6, 6.07) is 18.8. The maximum absolute atomic E-state index is 13.0. The minimum atomic E-state index is -1.17. The van der Waals surface area contributed by atoms with E-state index in [2.05, 4.69) is 10.3 Å². The normalized spacial score (nSPS) is 11.4. The van der Waals surface area contributed by atoms with E-state index in [-0.39, 0.29) is 5.69 Å². The van der Waals surface area contributed by atoms with Gasteiger partial charge in [0.15, 0.2) is 0 Å². The van der Waals surface area contributed by atoms with Crippen LogP contribution >= 0.6 is 0 Å². The molecule has 0 saturated carbocycles. The Morgan fingerprint density at radius 3 is 2.27 bits per heavy atom. The monoisotopic (exact) mass is 350 g/mol. The predicted octanol–water partition coefficient (Wildman–Crippen LogP) is 3.76. The van der Waals surface area contributed by atoms with Crippen molar-refractivity contribution >= 4 is 17.6 Å². The number of rotatable bonds is 5. The largest absolute Gasteiger partial charge is 0.443 e. The van der Waals surface area contributed by atoms with Crippen molar-refractivity contribution in [2.45, 2.75) is 6.10 Å². The predicted molar refractivity (Wildman–Crippen MR) is 93.9 cm³/mol. The van der Waals surface area contributed by atoms with Gasteiger partial charge in [-0.2, -0.15) is 0 Å². The van der Waals surface area contributed by atoms with Crippen molar-refractivity contribution in [2.24, 2.45) is 0 Å². The zero-order valence-corrected chi connectivity index (χ0v) is 13.6. The maximum atomic E-state index is 13.0. The summed E-state index contributed by atoms with van der Waals surface area (Å²) in [5, 5.41) is 2.62. The van der Waals surface area contributed by atoms with Gasteiger partial charge in [0, 0.05) is 17.4 Å². The molecule has 0 saturated heterocycles. The number of carbonyl (C=O) groups is 2. The first-order valence-corrected chi connectivity index (χ1v) is 7.87. The van der Waals surface area contributed by atoms with E-state index in [1.165, 1.54) is 36.5 Å². The third kappa shape index (κ3) is 4.30. The van der Waals surface area contributed by atoms with E-state index < -0.39 is 23.8 Å². The number of halogens is 1. The molecule has 0 aliphatic carbocycles. The molecule has 0 radical (unpaired) electrons. The number of hydrogen-bond donors (Lipinski definition) is 1. The Bertz CT molecular complexity index is 884. The van der Waals surface area contributed by atoms with Gasteiger partial charge in [0.05, 0.1) is 0 Å².